The van der Waals surface area contributed by atoms with Crippen LogP contribution in [0.3, 0.4) is 0 Å². The fraction of sp³-hybridized carbons (Fsp3) is 0.154. The van der Waals surface area contributed by atoms with E-state index in [4.69, 9.17) is 0 Å². The third kappa shape index (κ3) is 3.92. The van der Waals surface area contributed by atoms with E-state index in [0.29, 0.717) is 27.9 Å². The monoisotopic (exact) mass is 562 g/mol. The molecule has 0 fully saturated rings. The molecule has 1 aliphatic rings. The second-order valence-corrected chi connectivity index (χ2v) is 9.58. The Morgan fingerprint density at radius 2 is 1.78 bits per heavy atom. The van der Waals surface area contributed by atoms with Crippen molar-refractivity contribution in [1.29, 1.82) is 0 Å². The molecule has 0 spiro atoms. The molecule has 2 amide bonds. The molecule has 0 atom stereocenters. The summed E-state index contributed by atoms with van der Waals surface area (Å²) < 4.78 is 7.03. The zero-order chi connectivity index (χ0) is 24.1. The van der Waals surface area contributed by atoms with Crippen LogP contribution in [0.1, 0.15) is 20.7 Å². The highest BCUT2D eigenvalue weighted by Crippen LogP contribution is 2.34. The number of carbonyl (C=O) groups excluding carboxylic acids is 2. The Bertz CT molecular complexity index is 1690. The van der Waals surface area contributed by atoms with E-state index >= 15 is 0 Å². The van der Waals surface area contributed by atoms with Crippen LogP contribution in [0.15, 0.2) is 78.4 Å². The molecule has 0 radical (unpaired) electrons. The van der Waals surface area contributed by atoms with Crippen LogP contribution in [0.25, 0.3) is 21.0 Å². The lowest BCUT2D eigenvalue weighted by atomic mass is 9.94. The van der Waals surface area contributed by atoms with Crippen molar-refractivity contribution in [2.75, 3.05) is 11.9 Å². The highest BCUT2D eigenvalue weighted by atomic mass is 79.9. The number of nitrogens with zero attached hydrogens (tertiary/aromatic N) is 5. The van der Waals surface area contributed by atoms with E-state index in [0.717, 1.165) is 32.8 Å². The molecule has 0 unspecified atom stereocenters. The number of halogens is 1. The number of hydrogen-bond acceptors (Lipinski definition) is 5. The van der Waals surface area contributed by atoms with Crippen LogP contribution < -0.4 is 31.7 Å². The molecule has 0 saturated carbocycles. The van der Waals surface area contributed by atoms with Crippen molar-refractivity contribution in [2.24, 2.45) is 19.2 Å². The van der Waals surface area contributed by atoms with Gasteiger partial charge in [0.2, 0.25) is 11.1 Å². The lowest BCUT2D eigenvalue weighted by Gasteiger charge is -2.24. The smallest absolute Gasteiger partial charge is 0.282 e. The molecule has 36 heavy (non-hydrogen) atoms. The van der Waals surface area contributed by atoms with Crippen molar-refractivity contribution in [3.63, 3.8) is 0 Å². The fourth-order valence-corrected chi connectivity index (χ4v) is 5.56. The van der Waals surface area contributed by atoms with Gasteiger partial charge in [0, 0.05) is 23.5 Å². The molecule has 0 bridgehead atoms. The Balaban J connectivity index is 0.00000267. The van der Waals surface area contributed by atoms with Crippen molar-refractivity contribution in [3.8, 4) is 0 Å². The van der Waals surface area contributed by atoms with Crippen LogP contribution in [-0.4, -0.2) is 32.5 Å². The van der Waals surface area contributed by atoms with Crippen molar-refractivity contribution in [3.05, 3.63) is 89.2 Å². The fourth-order valence-electron chi connectivity index (χ4n) is 4.55. The highest BCUT2D eigenvalue weighted by molar-refractivity contribution is 7.16. The summed E-state index contributed by atoms with van der Waals surface area (Å²) in [5.74, 6) is -0.829. The summed E-state index contributed by atoms with van der Waals surface area (Å²) in [5, 5.41) is 10.5. The van der Waals surface area contributed by atoms with E-state index in [-0.39, 0.29) is 17.0 Å². The Kier molecular flexibility index (Phi) is 6.23. The molecule has 8 nitrogen and oxygen atoms in total. The summed E-state index contributed by atoms with van der Waals surface area (Å²) in [5.41, 5.74) is 2.85. The largest absolute Gasteiger partial charge is 1.00 e. The Morgan fingerprint density at radius 3 is 2.53 bits per heavy atom. The van der Waals surface area contributed by atoms with E-state index in [1.165, 1.54) is 11.3 Å². The molecule has 1 N–H and O–H groups in total. The quantitative estimate of drug-likeness (QED) is 0.246. The van der Waals surface area contributed by atoms with Crippen LogP contribution in [0.4, 0.5) is 5.69 Å². The van der Waals surface area contributed by atoms with Gasteiger partial charge in [-0.25, -0.2) is 9.13 Å². The van der Waals surface area contributed by atoms with E-state index in [2.05, 4.69) is 15.0 Å². The van der Waals surface area contributed by atoms with Gasteiger partial charge in [0.25, 0.3) is 11.8 Å². The number of aryl methyl sites for hydroxylation is 2. The van der Waals surface area contributed by atoms with Crippen molar-refractivity contribution < 1.29 is 31.1 Å². The average molecular weight is 563 g/mol. The van der Waals surface area contributed by atoms with E-state index in [1.807, 2.05) is 84.4 Å². The number of benzene rings is 3. The summed E-state index contributed by atoms with van der Waals surface area (Å²) >= 11 is 1.44. The second-order valence-electron chi connectivity index (χ2n) is 8.57. The Hall–Kier alpha value is -3.76. The first-order valence-corrected chi connectivity index (χ1v) is 12.1. The molecule has 0 saturated heterocycles. The molecule has 10 heteroatoms. The number of aromatic nitrogens is 3. The van der Waals surface area contributed by atoms with E-state index in [9.17, 15) is 9.59 Å². The second kappa shape index (κ2) is 9.36. The predicted molar refractivity (Wildman–Crippen MR) is 135 cm³/mol. The number of carbonyl (C=O) groups is 2. The summed E-state index contributed by atoms with van der Waals surface area (Å²) in [6.45, 7) is 1.50. The van der Waals surface area contributed by atoms with Crippen LogP contribution in [0, 0.1) is 0 Å². The van der Waals surface area contributed by atoms with Gasteiger partial charge in [-0.1, -0.05) is 35.6 Å². The van der Waals surface area contributed by atoms with Gasteiger partial charge in [-0.05, 0) is 30.3 Å². The SMILES string of the molecule is Cn1/c(=N/N2C(=O)c3cccc4c(NCCn5cc[n+](C)c5)ccc(c34)C2=O)sc2ccccc21.[Br-]. The standard InChI is InChI=1S/C26H22N6O2S.BrH/c1-29-14-15-31(16-29)13-12-27-20-11-10-19-23-17(20)6-5-7-18(23)24(33)32(25(19)34)28-26-30(2)21-8-3-4-9-22(21)35-26;/h3-11,14-16H,12-13H2,1-2H3;1H/b28-26-;. The molecule has 6 rings (SSSR count). The molecule has 1 aliphatic heterocycles. The number of nitrogens with one attached hydrogen (secondary N) is 1. The molecule has 5 aromatic rings. The van der Waals surface area contributed by atoms with Crippen molar-refractivity contribution in [2.45, 2.75) is 6.54 Å². The van der Waals surface area contributed by atoms with Gasteiger partial charge in [-0.2, -0.15) is 5.01 Å². The molecule has 0 aliphatic carbocycles. The predicted octanol–water partition coefficient (Wildman–Crippen LogP) is 0.247. The third-order valence-corrected chi connectivity index (χ3v) is 7.40. The molecular formula is C26H23BrN6O2S. The van der Waals surface area contributed by atoms with Crippen molar-refractivity contribution in [1.82, 2.24) is 14.1 Å². The minimum Gasteiger partial charge on any atom is -1.00 e. The Morgan fingerprint density at radius 1 is 1.00 bits per heavy atom. The maximum atomic E-state index is 13.4. The van der Waals surface area contributed by atoms with Gasteiger partial charge in [0.1, 0.15) is 18.9 Å². The first kappa shape index (κ1) is 24.0. The Labute approximate surface area is 221 Å². The molecule has 3 heterocycles. The first-order chi connectivity index (χ1) is 17.0. The van der Waals surface area contributed by atoms with Gasteiger partial charge in [0.05, 0.1) is 34.9 Å². The third-order valence-electron chi connectivity index (χ3n) is 6.30. The maximum Gasteiger partial charge on any atom is 0.282 e. The number of imidazole rings is 1. The zero-order valence-electron chi connectivity index (χ0n) is 19.7. The topological polar surface area (TPSA) is 75.5 Å². The molecular weight excluding hydrogens is 540 g/mol. The van der Waals surface area contributed by atoms with Crippen LogP contribution in [-0.2, 0) is 20.6 Å². The number of hydrogen-bond donors (Lipinski definition) is 1. The van der Waals surface area contributed by atoms with Crippen LogP contribution in [0.5, 0.6) is 0 Å². The maximum absolute atomic E-state index is 13.4. The van der Waals surface area contributed by atoms with Crippen LogP contribution in [0.2, 0.25) is 0 Å². The van der Waals surface area contributed by atoms with Gasteiger partial charge < -0.3 is 26.9 Å². The normalized spacial score (nSPS) is 13.5. The number of para-hydroxylation sites is 1. The number of thiazole rings is 1. The van der Waals surface area contributed by atoms with Crippen LogP contribution >= 0.6 is 11.3 Å². The molecule has 182 valence electrons. The van der Waals surface area contributed by atoms with Crippen molar-refractivity contribution >= 4 is 49.8 Å². The minimum absolute atomic E-state index is 0. The van der Waals surface area contributed by atoms with Gasteiger partial charge in [-0.3, -0.25) is 9.59 Å². The van der Waals surface area contributed by atoms with Gasteiger partial charge in [-0.15, -0.1) is 5.10 Å². The average Bonchev–Trinajstić information content (AvgIpc) is 3.43. The number of fused-ring (bicyclic) bond motifs is 1. The lowest BCUT2D eigenvalue weighted by molar-refractivity contribution is -0.671. The number of anilines is 1. The summed E-state index contributed by atoms with van der Waals surface area (Å²) in [6, 6.07) is 17.2. The summed E-state index contributed by atoms with van der Waals surface area (Å²) in [6.07, 6.45) is 6.03. The number of imide groups is 1. The molecule has 2 aromatic heterocycles. The lowest BCUT2D eigenvalue weighted by Crippen LogP contribution is -3.00. The van der Waals surface area contributed by atoms with Gasteiger partial charge in [0.15, 0.2) is 0 Å². The van der Waals surface area contributed by atoms with Gasteiger partial charge >= 0.3 is 0 Å². The summed E-state index contributed by atoms with van der Waals surface area (Å²) in [7, 11) is 3.87. The number of amides is 2. The molecule has 3 aromatic carbocycles. The van der Waals surface area contributed by atoms with E-state index in [1.54, 1.807) is 12.1 Å². The van der Waals surface area contributed by atoms with E-state index < -0.39 is 11.8 Å². The highest BCUT2D eigenvalue weighted by Gasteiger charge is 2.33. The minimum atomic E-state index is -0.414. The first-order valence-electron chi connectivity index (χ1n) is 11.3. The number of rotatable bonds is 5. The zero-order valence-corrected chi connectivity index (χ0v) is 22.1. The summed E-state index contributed by atoms with van der Waals surface area (Å²) in [4.78, 5) is 27.5.